The van der Waals surface area contributed by atoms with Crippen molar-refractivity contribution in [1.29, 1.82) is 0 Å². The molecule has 0 atom stereocenters. The molecule has 4 rings (SSSR count). The molecule has 0 fully saturated rings. The number of halogens is 3. The number of carbonyl (C=O) groups is 1. The Bertz CT molecular complexity index is 1130. The minimum atomic E-state index is -0.244. The van der Waals surface area contributed by atoms with Crippen molar-refractivity contribution in [1.82, 2.24) is 24.5 Å². The zero-order valence-corrected chi connectivity index (χ0v) is 16.4. The molecule has 0 unspecified atom stereocenters. The lowest BCUT2D eigenvalue weighted by molar-refractivity contribution is -0.116. The minimum absolute atomic E-state index is 0.0669. The van der Waals surface area contributed by atoms with Crippen molar-refractivity contribution in [2.24, 2.45) is 0 Å². The van der Waals surface area contributed by atoms with Crippen LogP contribution in [0.5, 0.6) is 0 Å². The monoisotopic (exact) mass is 438 g/mol. The van der Waals surface area contributed by atoms with E-state index in [2.05, 4.69) is 25.3 Å². The van der Waals surface area contributed by atoms with Crippen LogP contribution in [0.25, 0.3) is 22.4 Å². The average Bonchev–Trinajstić information content (AvgIpc) is 3.27. The number of fused-ring (bicyclic) bond motifs is 1. The van der Waals surface area contributed by atoms with Crippen molar-refractivity contribution in [2.75, 3.05) is 5.32 Å². The number of rotatable bonds is 4. The molecule has 4 aromatic rings. The molecule has 0 aliphatic heterocycles. The van der Waals surface area contributed by atoms with E-state index >= 15 is 0 Å². The first-order valence-corrected chi connectivity index (χ1v) is 9.54. The Morgan fingerprint density at radius 2 is 1.96 bits per heavy atom. The van der Waals surface area contributed by atoms with E-state index in [9.17, 15) is 4.79 Å². The first-order valence-electron chi connectivity index (χ1n) is 7.52. The molecule has 0 bridgehead atoms. The molecule has 1 N–H and O–H groups in total. The predicted octanol–water partition coefficient (Wildman–Crippen LogP) is 4.55. The van der Waals surface area contributed by atoms with Gasteiger partial charge in [0.05, 0.1) is 33.3 Å². The topological polar surface area (TPSA) is 85.6 Å². The van der Waals surface area contributed by atoms with Gasteiger partial charge in [0.15, 0.2) is 10.8 Å². The van der Waals surface area contributed by atoms with Crippen LogP contribution >= 0.6 is 46.1 Å². The van der Waals surface area contributed by atoms with Crippen LogP contribution in [0.1, 0.15) is 0 Å². The van der Waals surface area contributed by atoms with E-state index in [1.54, 1.807) is 34.6 Å². The molecular weight excluding hydrogens is 431 g/mol. The van der Waals surface area contributed by atoms with E-state index in [0.717, 1.165) is 0 Å². The molecule has 1 aromatic carbocycles. The summed E-state index contributed by atoms with van der Waals surface area (Å²) in [6, 6.07) is 3.35. The van der Waals surface area contributed by atoms with E-state index < -0.39 is 0 Å². The molecule has 3 aromatic heterocycles. The second kappa shape index (κ2) is 7.40. The molecule has 11 heteroatoms. The van der Waals surface area contributed by atoms with Gasteiger partial charge in [-0.25, -0.2) is 19.9 Å². The number of nitrogens with zero attached hydrogens (tertiary/aromatic N) is 5. The minimum Gasteiger partial charge on any atom is -0.318 e. The van der Waals surface area contributed by atoms with E-state index in [4.69, 9.17) is 34.8 Å². The number of anilines is 1. The average molecular weight is 440 g/mol. The van der Waals surface area contributed by atoms with Gasteiger partial charge in [-0.1, -0.05) is 34.8 Å². The number of aromatic nitrogens is 5. The summed E-state index contributed by atoms with van der Waals surface area (Å²) in [6.07, 6.45) is 4.56. The number of hydrogen-bond acceptors (Lipinski definition) is 6. The number of nitrogens with one attached hydrogen (secondary N) is 1. The fourth-order valence-corrected chi connectivity index (χ4v) is 3.74. The lowest BCUT2D eigenvalue weighted by Crippen LogP contribution is -2.18. The molecule has 0 radical (unpaired) electrons. The number of thiazole rings is 1. The van der Waals surface area contributed by atoms with E-state index in [0.29, 0.717) is 42.6 Å². The maximum Gasteiger partial charge on any atom is 0.246 e. The van der Waals surface area contributed by atoms with Crippen LogP contribution in [-0.2, 0) is 11.3 Å². The summed E-state index contributed by atoms with van der Waals surface area (Å²) in [5.74, 6) is -0.244. The molecule has 1 amide bonds. The summed E-state index contributed by atoms with van der Waals surface area (Å²) in [5.41, 5.74) is 2.56. The third-order valence-electron chi connectivity index (χ3n) is 3.65. The van der Waals surface area contributed by atoms with E-state index in [-0.39, 0.29) is 12.5 Å². The summed E-state index contributed by atoms with van der Waals surface area (Å²) in [7, 11) is 0. The highest BCUT2D eigenvalue weighted by atomic mass is 35.5. The van der Waals surface area contributed by atoms with Crippen molar-refractivity contribution in [3.05, 3.63) is 51.4 Å². The van der Waals surface area contributed by atoms with Gasteiger partial charge >= 0.3 is 0 Å². The van der Waals surface area contributed by atoms with Gasteiger partial charge in [0.1, 0.15) is 18.4 Å². The van der Waals surface area contributed by atoms with Crippen LogP contribution in [0.3, 0.4) is 0 Å². The molecule has 0 aliphatic carbocycles. The molecular formula is C16H9Cl3N6OS. The summed E-state index contributed by atoms with van der Waals surface area (Å²) in [5, 5.41) is 5.99. The van der Waals surface area contributed by atoms with Crippen molar-refractivity contribution >= 4 is 68.3 Å². The number of imidazole rings is 1. The van der Waals surface area contributed by atoms with Gasteiger partial charge in [0, 0.05) is 10.9 Å². The third-order valence-corrected chi connectivity index (χ3v) is 5.60. The summed E-state index contributed by atoms with van der Waals surface area (Å²) in [6.45, 7) is 0.0669. The smallest absolute Gasteiger partial charge is 0.246 e. The normalized spacial score (nSPS) is 11.1. The van der Waals surface area contributed by atoms with E-state index in [1.165, 1.54) is 17.7 Å². The van der Waals surface area contributed by atoms with Crippen LogP contribution in [-0.4, -0.2) is 30.4 Å². The molecule has 0 saturated carbocycles. The number of hydrogen-bond donors (Lipinski definition) is 1. The van der Waals surface area contributed by atoms with Gasteiger partial charge in [-0.2, -0.15) is 0 Å². The summed E-state index contributed by atoms with van der Waals surface area (Å²) in [4.78, 5) is 28.8. The Hall–Kier alpha value is -2.26. The summed E-state index contributed by atoms with van der Waals surface area (Å²) < 4.78 is 1.66. The third kappa shape index (κ3) is 3.74. The predicted molar refractivity (Wildman–Crippen MR) is 107 cm³/mol. The molecule has 7 nitrogen and oxygen atoms in total. The fourth-order valence-electron chi connectivity index (χ4n) is 2.41. The highest BCUT2D eigenvalue weighted by Gasteiger charge is 2.13. The van der Waals surface area contributed by atoms with Crippen LogP contribution in [0.4, 0.5) is 5.13 Å². The van der Waals surface area contributed by atoms with E-state index in [1.807, 2.05) is 0 Å². The molecule has 27 heavy (non-hydrogen) atoms. The molecule has 0 saturated heterocycles. The Morgan fingerprint density at radius 1 is 1.19 bits per heavy atom. The van der Waals surface area contributed by atoms with Crippen LogP contribution in [0, 0.1) is 0 Å². The number of amides is 1. The highest BCUT2D eigenvalue weighted by molar-refractivity contribution is 7.14. The maximum atomic E-state index is 12.3. The van der Waals surface area contributed by atoms with Gasteiger partial charge in [0.25, 0.3) is 0 Å². The zero-order valence-electron chi connectivity index (χ0n) is 13.4. The van der Waals surface area contributed by atoms with Crippen molar-refractivity contribution in [3.63, 3.8) is 0 Å². The standard InChI is InChI=1S/C16H9Cl3N6OS/c17-9-1-8(2-10(18)14(9)19)11-5-27-16(23-11)24-13(26)4-25-7-22-15-12(25)3-20-6-21-15/h1-3,5-7H,4H2,(H,23,24,26). The Labute approximate surface area is 172 Å². The highest BCUT2D eigenvalue weighted by Crippen LogP contribution is 2.35. The molecule has 0 aliphatic rings. The Balaban J connectivity index is 1.50. The first-order chi connectivity index (χ1) is 13.0. The lowest BCUT2D eigenvalue weighted by Gasteiger charge is -2.04. The second-order valence-corrected chi connectivity index (χ2v) is 7.49. The first kappa shape index (κ1) is 18.1. The second-order valence-electron chi connectivity index (χ2n) is 5.44. The maximum absolute atomic E-state index is 12.3. The Kier molecular flexibility index (Phi) is 4.96. The van der Waals surface area contributed by atoms with Crippen molar-refractivity contribution < 1.29 is 4.79 Å². The van der Waals surface area contributed by atoms with Crippen LogP contribution < -0.4 is 5.32 Å². The van der Waals surface area contributed by atoms with Gasteiger partial charge < -0.3 is 9.88 Å². The van der Waals surface area contributed by atoms with Gasteiger partial charge in [0.2, 0.25) is 5.91 Å². The lowest BCUT2D eigenvalue weighted by atomic mass is 10.2. The summed E-state index contributed by atoms with van der Waals surface area (Å²) >= 11 is 19.4. The van der Waals surface area contributed by atoms with Crippen molar-refractivity contribution in [2.45, 2.75) is 6.54 Å². The van der Waals surface area contributed by atoms with Gasteiger partial charge in [-0.05, 0) is 12.1 Å². The molecule has 3 heterocycles. The quantitative estimate of drug-likeness (QED) is 0.472. The van der Waals surface area contributed by atoms with Gasteiger partial charge in [-0.15, -0.1) is 11.3 Å². The number of carbonyl (C=O) groups excluding carboxylic acids is 1. The van der Waals surface area contributed by atoms with Crippen molar-refractivity contribution in [3.8, 4) is 11.3 Å². The number of benzene rings is 1. The fraction of sp³-hybridized carbons (Fsp3) is 0.0625. The van der Waals surface area contributed by atoms with Gasteiger partial charge in [-0.3, -0.25) is 4.79 Å². The Morgan fingerprint density at radius 3 is 2.74 bits per heavy atom. The molecule has 136 valence electrons. The zero-order chi connectivity index (χ0) is 19.0. The van der Waals surface area contributed by atoms with Crippen LogP contribution in [0.15, 0.2) is 36.4 Å². The SMILES string of the molecule is O=C(Cn1cnc2ncncc21)Nc1nc(-c2cc(Cl)c(Cl)c(Cl)c2)cs1. The van der Waals surface area contributed by atoms with Crippen LogP contribution in [0.2, 0.25) is 15.1 Å². The largest absolute Gasteiger partial charge is 0.318 e. The molecule has 0 spiro atoms.